The molecule has 3 rings (SSSR count). The monoisotopic (exact) mass is 235 g/mol. The molecule has 2 heterocycles. The number of aromatic nitrogens is 2. The van der Waals surface area contributed by atoms with Gasteiger partial charge in [-0.2, -0.15) is 0 Å². The Morgan fingerprint density at radius 1 is 0.944 bits per heavy atom. The highest BCUT2D eigenvalue weighted by Crippen LogP contribution is 2.30. The standard InChI is InChI=1S/C15H13N3/c1-16-15-14-9-17-8-7-12(14)13(10-18-15)11-5-3-2-4-6-11/h2-10H,1H3,(H,16,18). The van der Waals surface area contributed by atoms with Crippen molar-refractivity contribution < 1.29 is 0 Å². The molecule has 0 aliphatic rings. The summed E-state index contributed by atoms with van der Waals surface area (Å²) < 4.78 is 0. The summed E-state index contributed by atoms with van der Waals surface area (Å²) >= 11 is 0. The zero-order valence-corrected chi connectivity index (χ0v) is 10.1. The van der Waals surface area contributed by atoms with Crippen LogP contribution in [0.15, 0.2) is 55.0 Å². The summed E-state index contributed by atoms with van der Waals surface area (Å²) in [5.74, 6) is 0.859. The zero-order chi connectivity index (χ0) is 12.4. The molecule has 0 unspecified atom stereocenters. The maximum atomic E-state index is 4.45. The summed E-state index contributed by atoms with van der Waals surface area (Å²) in [4.78, 5) is 8.63. The van der Waals surface area contributed by atoms with E-state index in [1.54, 1.807) is 0 Å². The van der Waals surface area contributed by atoms with Gasteiger partial charge in [0.1, 0.15) is 5.82 Å². The predicted molar refractivity (Wildman–Crippen MR) is 74.5 cm³/mol. The molecule has 1 N–H and O–H groups in total. The summed E-state index contributed by atoms with van der Waals surface area (Å²) in [6.45, 7) is 0. The van der Waals surface area contributed by atoms with Crippen molar-refractivity contribution in [3.05, 3.63) is 55.0 Å². The van der Waals surface area contributed by atoms with Crippen molar-refractivity contribution >= 4 is 16.6 Å². The lowest BCUT2D eigenvalue weighted by Crippen LogP contribution is -1.95. The molecule has 2 aromatic heterocycles. The number of anilines is 1. The van der Waals surface area contributed by atoms with Gasteiger partial charge in [-0.05, 0) is 17.0 Å². The predicted octanol–water partition coefficient (Wildman–Crippen LogP) is 3.34. The Labute approximate surface area is 106 Å². The van der Waals surface area contributed by atoms with Gasteiger partial charge in [-0.3, -0.25) is 4.98 Å². The van der Waals surface area contributed by atoms with Gasteiger partial charge in [0, 0.05) is 36.6 Å². The number of fused-ring (bicyclic) bond motifs is 1. The molecule has 0 aliphatic carbocycles. The zero-order valence-electron chi connectivity index (χ0n) is 10.1. The van der Waals surface area contributed by atoms with Crippen molar-refractivity contribution in [3.8, 4) is 11.1 Å². The molecule has 3 heteroatoms. The van der Waals surface area contributed by atoms with Crippen LogP contribution in [0.1, 0.15) is 0 Å². The third kappa shape index (κ3) is 1.70. The molecule has 0 bridgehead atoms. The van der Waals surface area contributed by atoms with Gasteiger partial charge in [0.05, 0.1) is 0 Å². The summed E-state index contributed by atoms with van der Waals surface area (Å²) in [6.07, 6.45) is 5.57. The quantitative estimate of drug-likeness (QED) is 0.740. The van der Waals surface area contributed by atoms with E-state index in [9.17, 15) is 0 Å². The topological polar surface area (TPSA) is 37.8 Å². The van der Waals surface area contributed by atoms with E-state index in [1.807, 2.05) is 49.9 Å². The van der Waals surface area contributed by atoms with Crippen LogP contribution in [0.5, 0.6) is 0 Å². The fourth-order valence-corrected chi connectivity index (χ4v) is 2.13. The highest BCUT2D eigenvalue weighted by Gasteiger charge is 2.07. The van der Waals surface area contributed by atoms with Crippen molar-refractivity contribution in [1.29, 1.82) is 0 Å². The Hall–Kier alpha value is -2.42. The van der Waals surface area contributed by atoms with Crippen LogP contribution in [-0.2, 0) is 0 Å². The van der Waals surface area contributed by atoms with Gasteiger partial charge in [-0.15, -0.1) is 0 Å². The molecule has 0 saturated heterocycles. The molecule has 0 atom stereocenters. The average molecular weight is 235 g/mol. The highest BCUT2D eigenvalue weighted by atomic mass is 15.0. The molecule has 1 aromatic carbocycles. The van der Waals surface area contributed by atoms with Gasteiger partial charge in [0.2, 0.25) is 0 Å². The second-order valence-electron chi connectivity index (χ2n) is 4.06. The van der Waals surface area contributed by atoms with Crippen molar-refractivity contribution in [2.75, 3.05) is 12.4 Å². The van der Waals surface area contributed by atoms with Gasteiger partial charge in [-0.1, -0.05) is 30.3 Å². The van der Waals surface area contributed by atoms with E-state index in [0.29, 0.717) is 0 Å². The minimum absolute atomic E-state index is 0.859. The maximum Gasteiger partial charge on any atom is 0.135 e. The highest BCUT2D eigenvalue weighted by molar-refractivity contribution is 6.01. The minimum Gasteiger partial charge on any atom is -0.373 e. The number of nitrogens with one attached hydrogen (secondary N) is 1. The first-order valence-electron chi connectivity index (χ1n) is 5.86. The lowest BCUT2D eigenvalue weighted by Gasteiger charge is -2.09. The summed E-state index contributed by atoms with van der Waals surface area (Å²) in [7, 11) is 1.87. The molecule has 18 heavy (non-hydrogen) atoms. The summed E-state index contributed by atoms with van der Waals surface area (Å²) in [5.41, 5.74) is 2.30. The molecule has 0 amide bonds. The first-order valence-corrected chi connectivity index (χ1v) is 5.86. The van der Waals surface area contributed by atoms with Gasteiger partial charge in [0.25, 0.3) is 0 Å². The SMILES string of the molecule is CNc1ncc(-c2ccccc2)c2ccncc12. The number of benzene rings is 1. The second kappa shape index (κ2) is 4.45. The van der Waals surface area contributed by atoms with Gasteiger partial charge in [-0.25, -0.2) is 4.98 Å². The summed E-state index contributed by atoms with van der Waals surface area (Å²) in [5, 5.41) is 5.30. The number of hydrogen-bond donors (Lipinski definition) is 1. The molecule has 3 nitrogen and oxygen atoms in total. The van der Waals surface area contributed by atoms with E-state index in [1.165, 1.54) is 5.56 Å². The Kier molecular flexibility index (Phi) is 2.65. The first-order chi connectivity index (χ1) is 8.90. The molecule has 0 saturated carbocycles. The Balaban J connectivity index is 2.32. The smallest absolute Gasteiger partial charge is 0.135 e. The van der Waals surface area contributed by atoms with E-state index in [4.69, 9.17) is 0 Å². The van der Waals surface area contributed by atoms with Crippen molar-refractivity contribution in [3.63, 3.8) is 0 Å². The van der Waals surface area contributed by atoms with Gasteiger partial charge in [0.15, 0.2) is 0 Å². The molecule has 0 aliphatic heterocycles. The molecule has 0 fully saturated rings. The first kappa shape index (κ1) is 10.7. The van der Waals surface area contributed by atoms with E-state index in [2.05, 4.69) is 27.4 Å². The molecule has 88 valence electrons. The Morgan fingerprint density at radius 3 is 2.56 bits per heavy atom. The molecular formula is C15H13N3. The molecule has 3 aromatic rings. The van der Waals surface area contributed by atoms with Crippen LogP contribution in [0, 0.1) is 0 Å². The van der Waals surface area contributed by atoms with Crippen LogP contribution >= 0.6 is 0 Å². The summed E-state index contributed by atoms with van der Waals surface area (Å²) in [6, 6.07) is 12.3. The van der Waals surface area contributed by atoms with Crippen LogP contribution < -0.4 is 5.32 Å². The number of hydrogen-bond acceptors (Lipinski definition) is 3. The van der Waals surface area contributed by atoms with Crippen LogP contribution in [0.25, 0.3) is 21.9 Å². The largest absolute Gasteiger partial charge is 0.373 e. The van der Waals surface area contributed by atoms with E-state index >= 15 is 0 Å². The minimum atomic E-state index is 0.859. The van der Waals surface area contributed by atoms with Crippen LogP contribution in [-0.4, -0.2) is 17.0 Å². The van der Waals surface area contributed by atoms with Crippen molar-refractivity contribution in [2.45, 2.75) is 0 Å². The molecule has 0 spiro atoms. The molecule has 0 radical (unpaired) electrons. The lowest BCUT2D eigenvalue weighted by atomic mass is 10.0. The van der Waals surface area contributed by atoms with Crippen LogP contribution in [0.3, 0.4) is 0 Å². The third-order valence-electron chi connectivity index (χ3n) is 3.01. The fraction of sp³-hybridized carbons (Fsp3) is 0.0667. The number of rotatable bonds is 2. The van der Waals surface area contributed by atoms with E-state index < -0.39 is 0 Å². The lowest BCUT2D eigenvalue weighted by molar-refractivity contribution is 1.29. The average Bonchev–Trinajstić information content (AvgIpc) is 2.47. The second-order valence-corrected chi connectivity index (χ2v) is 4.06. The van der Waals surface area contributed by atoms with E-state index in [0.717, 1.165) is 22.2 Å². The van der Waals surface area contributed by atoms with Gasteiger partial charge >= 0.3 is 0 Å². The van der Waals surface area contributed by atoms with Gasteiger partial charge < -0.3 is 5.32 Å². The number of nitrogens with zero attached hydrogens (tertiary/aromatic N) is 2. The van der Waals surface area contributed by atoms with Crippen LogP contribution in [0.4, 0.5) is 5.82 Å². The fourth-order valence-electron chi connectivity index (χ4n) is 2.13. The van der Waals surface area contributed by atoms with E-state index in [-0.39, 0.29) is 0 Å². The third-order valence-corrected chi connectivity index (χ3v) is 3.01. The van der Waals surface area contributed by atoms with Crippen LogP contribution in [0.2, 0.25) is 0 Å². The number of pyridine rings is 2. The maximum absolute atomic E-state index is 4.45. The van der Waals surface area contributed by atoms with Crippen molar-refractivity contribution in [2.24, 2.45) is 0 Å². The van der Waals surface area contributed by atoms with Crippen molar-refractivity contribution in [1.82, 2.24) is 9.97 Å². The Bertz CT molecular complexity index is 678. The Morgan fingerprint density at radius 2 is 1.78 bits per heavy atom. The molecular weight excluding hydrogens is 222 g/mol. The normalized spacial score (nSPS) is 10.5.